The maximum Gasteiger partial charge on any atom is 0.410 e. The van der Waals surface area contributed by atoms with E-state index < -0.39 is 5.60 Å². The first kappa shape index (κ1) is 23.8. The average Bonchev–Trinajstić information content (AvgIpc) is 2.74. The number of methoxy groups -OCH3 is 2. The van der Waals surface area contributed by atoms with Crippen molar-refractivity contribution in [2.45, 2.75) is 59.3 Å². The van der Waals surface area contributed by atoms with Crippen LogP contribution in [0.2, 0.25) is 0 Å². The van der Waals surface area contributed by atoms with Crippen LogP contribution in [-0.4, -0.2) is 37.4 Å². The Labute approximate surface area is 191 Å². The molecule has 32 heavy (non-hydrogen) atoms. The highest BCUT2D eigenvalue weighted by molar-refractivity contribution is 5.69. The van der Waals surface area contributed by atoms with Crippen LogP contribution in [0.4, 0.5) is 4.79 Å². The number of hydrogen-bond acceptors (Lipinski definition) is 5. The first-order valence-electron chi connectivity index (χ1n) is 11.1. The Balaban J connectivity index is 1.78. The second kappa shape index (κ2) is 9.72. The van der Waals surface area contributed by atoms with Crippen molar-refractivity contribution >= 4 is 6.09 Å². The van der Waals surface area contributed by atoms with Crippen LogP contribution in [0.15, 0.2) is 36.4 Å². The van der Waals surface area contributed by atoms with Crippen molar-refractivity contribution in [2.75, 3.05) is 20.8 Å². The molecule has 0 bridgehead atoms. The normalized spacial score (nSPS) is 15.9. The van der Waals surface area contributed by atoms with Gasteiger partial charge in [-0.3, -0.25) is 0 Å². The lowest BCUT2D eigenvalue weighted by Crippen LogP contribution is -2.44. The van der Waals surface area contributed by atoms with E-state index in [4.69, 9.17) is 18.9 Å². The van der Waals surface area contributed by atoms with E-state index in [0.717, 1.165) is 34.8 Å². The topological polar surface area (TPSA) is 57.2 Å². The summed E-state index contributed by atoms with van der Waals surface area (Å²) >= 11 is 0. The van der Waals surface area contributed by atoms with Crippen LogP contribution in [0.3, 0.4) is 0 Å². The van der Waals surface area contributed by atoms with Crippen LogP contribution >= 0.6 is 0 Å². The zero-order valence-electron chi connectivity index (χ0n) is 20.2. The highest BCUT2D eigenvalue weighted by Gasteiger charge is 2.35. The van der Waals surface area contributed by atoms with Gasteiger partial charge in [0, 0.05) is 12.6 Å². The molecule has 3 rings (SSSR count). The smallest absolute Gasteiger partial charge is 0.410 e. The highest BCUT2D eigenvalue weighted by Crippen LogP contribution is 2.38. The Morgan fingerprint density at radius 1 is 1.03 bits per heavy atom. The summed E-state index contributed by atoms with van der Waals surface area (Å²) in [7, 11) is 3.27. The maximum atomic E-state index is 12.8. The largest absolute Gasteiger partial charge is 0.497 e. The number of carbonyl (C=O) groups excluding carboxylic acids is 1. The van der Waals surface area contributed by atoms with E-state index in [-0.39, 0.29) is 18.1 Å². The van der Waals surface area contributed by atoms with Crippen LogP contribution in [0.25, 0.3) is 0 Å². The molecule has 0 unspecified atom stereocenters. The minimum Gasteiger partial charge on any atom is -0.497 e. The number of ether oxygens (including phenoxy) is 4. The fourth-order valence-electron chi connectivity index (χ4n) is 4.09. The number of fused-ring (bicyclic) bond motifs is 1. The Hall–Kier alpha value is -2.89. The molecule has 0 N–H and O–H groups in total. The van der Waals surface area contributed by atoms with Gasteiger partial charge in [0.15, 0.2) is 0 Å². The number of benzene rings is 2. The Morgan fingerprint density at radius 2 is 1.69 bits per heavy atom. The minimum atomic E-state index is -0.514. The van der Waals surface area contributed by atoms with Gasteiger partial charge in [-0.2, -0.15) is 0 Å². The van der Waals surface area contributed by atoms with Gasteiger partial charge in [-0.1, -0.05) is 19.9 Å². The number of amides is 1. The fraction of sp³-hybridized carbons (Fsp3) is 0.500. The first-order valence-corrected chi connectivity index (χ1v) is 11.1. The number of carbonyl (C=O) groups is 1. The highest BCUT2D eigenvalue weighted by atomic mass is 16.6. The Kier molecular flexibility index (Phi) is 7.22. The first-order chi connectivity index (χ1) is 15.1. The van der Waals surface area contributed by atoms with Gasteiger partial charge in [0.05, 0.1) is 20.3 Å². The second-order valence-electron chi connectivity index (χ2n) is 9.48. The maximum absolute atomic E-state index is 12.8. The summed E-state index contributed by atoms with van der Waals surface area (Å²) < 4.78 is 22.4. The van der Waals surface area contributed by atoms with Crippen molar-refractivity contribution in [3.05, 3.63) is 53.1 Å². The van der Waals surface area contributed by atoms with Gasteiger partial charge in [0.1, 0.15) is 29.5 Å². The molecule has 1 heterocycles. The summed E-state index contributed by atoms with van der Waals surface area (Å²) in [4.78, 5) is 14.7. The molecule has 1 aliphatic heterocycles. The molecule has 1 atom stereocenters. The summed E-state index contributed by atoms with van der Waals surface area (Å²) in [5, 5.41) is 0. The summed E-state index contributed by atoms with van der Waals surface area (Å²) in [5.41, 5.74) is 2.83. The lowest BCUT2D eigenvalue weighted by Gasteiger charge is -2.40. The molecular formula is C26H35NO5. The third-order valence-electron chi connectivity index (χ3n) is 5.47. The Morgan fingerprint density at radius 3 is 2.25 bits per heavy atom. The van der Waals surface area contributed by atoms with Crippen molar-refractivity contribution in [3.63, 3.8) is 0 Å². The lowest BCUT2D eigenvalue weighted by molar-refractivity contribution is 0.00876. The van der Waals surface area contributed by atoms with E-state index >= 15 is 0 Å². The van der Waals surface area contributed by atoms with Crippen molar-refractivity contribution < 1.29 is 23.7 Å². The molecule has 2 aromatic carbocycles. The molecule has 0 aliphatic carbocycles. The van der Waals surface area contributed by atoms with E-state index in [1.807, 2.05) is 49.9 Å². The zero-order chi connectivity index (χ0) is 23.5. The van der Waals surface area contributed by atoms with Crippen molar-refractivity contribution in [1.29, 1.82) is 0 Å². The van der Waals surface area contributed by atoms with Crippen molar-refractivity contribution in [3.8, 4) is 17.2 Å². The molecule has 0 aromatic heterocycles. The van der Waals surface area contributed by atoms with Crippen LogP contribution in [0, 0.1) is 5.92 Å². The van der Waals surface area contributed by atoms with Gasteiger partial charge >= 0.3 is 6.09 Å². The lowest BCUT2D eigenvalue weighted by atomic mass is 9.86. The molecule has 1 amide bonds. The SMILES string of the molecule is COc1cc(COc2ccc3c(c2)CCN(C(=O)OC(C)(C)C)[C@H]3C(C)C)cc(OC)c1. The summed E-state index contributed by atoms with van der Waals surface area (Å²) in [5.74, 6) is 2.53. The number of rotatable bonds is 6. The third-order valence-corrected chi connectivity index (χ3v) is 5.47. The minimum absolute atomic E-state index is 0.0229. The summed E-state index contributed by atoms with van der Waals surface area (Å²) in [6.07, 6.45) is 0.510. The van der Waals surface area contributed by atoms with Gasteiger partial charge in [-0.05, 0) is 74.1 Å². The predicted molar refractivity (Wildman–Crippen MR) is 125 cm³/mol. The molecule has 6 heteroatoms. The molecule has 0 fully saturated rings. The molecule has 0 radical (unpaired) electrons. The molecule has 0 saturated heterocycles. The van der Waals surface area contributed by atoms with E-state index in [1.165, 1.54) is 5.56 Å². The van der Waals surface area contributed by atoms with E-state index in [0.29, 0.717) is 13.2 Å². The van der Waals surface area contributed by atoms with Crippen molar-refractivity contribution in [1.82, 2.24) is 4.90 Å². The van der Waals surface area contributed by atoms with Crippen LogP contribution in [-0.2, 0) is 17.8 Å². The quantitative estimate of drug-likeness (QED) is 0.569. The molecule has 2 aromatic rings. The van der Waals surface area contributed by atoms with Gasteiger partial charge < -0.3 is 23.8 Å². The number of hydrogen-bond donors (Lipinski definition) is 0. The van der Waals surface area contributed by atoms with Gasteiger partial charge in [0.2, 0.25) is 0 Å². The second-order valence-corrected chi connectivity index (χ2v) is 9.48. The van der Waals surface area contributed by atoms with Crippen LogP contribution < -0.4 is 14.2 Å². The van der Waals surface area contributed by atoms with Gasteiger partial charge in [-0.25, -0.2) is 4.79 Å². The average molecular weight is 442 g/mol. The fourth-order valence-corrected chi connectivity index (χ4v) is 4.09. The van der Waals surface area contributed by atoms with Crippen molar-refractivity contribution in [2.24, 2.45) is 5.92 Å². The monoisotopic (exact) mass is 441 g/mol. The van der Waals surface area contributed by atoms with Crippen LogP contribution in [0.5, 0.6) is 17.2 Å². The molecule has 6 nitrogen and oxygen atoms in total. The van der Waals surface area contributed by atoms with Crippen LogP contribution in [0.1, 0.15) is 57.4 Å². The zero-order valence-corrected chi connectivity index (χ0v) is 20.2. The third kappa shape index (κ3) is 5.67. The molecule has 1 aliphatic rings. The Bertz CT molecular complexity index is 925. The summed E-state index contributed by atoms with van der Waals surface area (Å²) in [6.45, 7) is 11.0. The predicted octanol–water partition coefficient (Wildman–Crippen LogP) is 5.77. The van der Waals surface area contributed by atoms with Gasteiger partial charge in [0.25, 0.3) is 0 Å². The van der Waals surface area contributed by atoms with E-state index in [2.05, 4.69) is 26.0 Å². The van der Waals surface area contributed by atoms with E-state index in [1.54, 1.807) is 14.2 Å². The number of nitrogens with zero attached hydrogens (tertiary/aromatic N) is 1. The standard InChI is InChI=1S/C26H35NO5/c1-17(2)24-23-9-8-20(31-16-18-12-21(29-6)15-22(13-18)30-7)14-19(23)10-11-27(24)25(28)32-26(3,4)5/h8-9,12-15,17,24H,10-11,16H2,1-7H3/t24-/m0/s1. The van der Waals surface area contributed by atoms with Gasteiger partial charge in [-0.15, -0.1) is 0 Å². The molecular weight excluding hydrogens is 406 g/mol. The van der Waals surface area contributed by atoms with E-state index in [9.17, 15) is 4.79 Å². The summed E-state index contributed by atoms with van der Waals surface area (Å²) in [6, 6.07) is 11.8. The molecule has 0 spiro atoms. The molecule has 0 saturated carbocycles. The molecule has 174 valence electrons.